The molecular weight excluding hydrogens is 408 g/mol. The Hall–Kier alpha value is -2.38. The Morgan fingerprint density at radius 2 is 1.96 bits per heavy atom. The number of hydrogen-bond donors (Lipinski definition) is 1. The topological polar surface area (TPSA) is 69.0 Å². The summed E-state index contributed by atoms with van der Waals surface area (Å²) in [5.41, 5.74) is 1.49. The van der Waals surface area contributed by atoms with E-state index in [4.69, 9.17) is 16.3 Å². The minimum absolute atomic E-state index is 0.402. The van der Waals surface area contributed by atoms with Gasteiger partial charge in [-0.15, -0.1) is 5.10 Å². The summed E-state index contributed by atoms with van der Waals surface area (Å²) in [7, 11) is 0. The highest BCUT2D eigenvalue weighted by atomic mass is 79.9. The van der Waals surface area contributed by atoms with E-state index in [1.54, 1.807) is 13.0 Å². The van der Waals surface area contributed by atoms with Gasteiger partial charge in [0.1, 0.15) is 6.10 Å². The van der Waals surface area contributed by atoms with Crippen molar-refractivity contribution < 1.29 is 9.53 Å². The molecule has 0 aliphatic rings. The first-order chi connectivity index (χ1) is 12.0. The fraction of sp³-hybridized carbons (Fsp3) is 0.118. The van der Waals surface area contributed by atoms with E-state index in [1.165, 1.54) is 10.9 Å². The Kier molecular flexibility index (Phi) is 5.35. The van der Waals surface area contributed by atoms with Crippen molar-refractivity contribution >= 4 is 39.4 Å². The number of halogens is 2. The molecule has 0 aliphatic heterocycles. The van der Waals surface area contributed by atoms with Crippen molar-refractivity contribution in [3.63, 3.8) is 0 Å². The normalized spacial score (nSPS) is 11.8. The number of nitrogens with zero attached hydrogens (tertiary/aromatic N) is 3. The van der Waals surface area contributed by atoms with Crippen molar-refractivity contribution in [2.75, 3.05) is 5.32 Å². The van der Waals surface area contributed by atoms with Gasteiger partial charge in [-0.25, -0.2) is 4.79 Å². The zero-order valence-corrected chi connectivity index (χ0v) is 15.5. The number of hydrogen-bond acceptors (Lipinski definition) is 4. The summed E-state index contributed by atoms with van der Waals surface area (Å²) in [4.78, 5) is 12.2. The summed E-state index contributed by atoms with van der Waals surface area (Å²) in [6, 6.07) is 14.7. The fourth-order valence-corrected chi connectivity index (χ4v) is 2.81. The second kappa shape index (κ2) is 7.67. The Morgan fingerprint density at radius 3 is 2.68 bits per heavy atom. The van der Waals surface area contributed by atoms with Crippen molar-refractivity contribution in [2.24, 2.45) is 0 Å². The van der Waals surface area contributed by atoms with Crippen LogP contribution in [-0.2, 0) is 4.74 Å². The van der Waals surface area contributed by atoms with E-state index in [2.05, 4.69) is 31.6 Å². The Morgan fingerprint density at radius 1 is 1.24 bits per heavy atom. The maximum Gasteiger partial charge on any atom is 0.413 e. The summed E-state index contributed by atoms with van der Waals surface area (Å²) in [6.45, 7) is 1.76. The highest BCUT2D eigenvalue weighted by Crippen LogP contribution is 2.25. The number of amides is 1. The minimum Gasteiger partial charge on any atom is -0.441 e. The number of nitrogens with one attached hydrogen (secondary N) is 1. The number of rotatable bonds is 4. The van der Waals surface area contributed by atoms with Crippen LogP contribution in [0.1, 0.15) is 18.6 Å². The van der Waals surface area contributed by atoms with Crippen LogP contribution in [0.3, 0.4) is 0 Å². The largest absolute Gasteiger partial charge is 0.441 e. The molecule has 0 fully saturated rings. The van der Waals surface area contributed by atoms with Gasteiger partial charge < -0.3 is 4.74 Å². The molecule has 0 spiro atoms. The molecule has 3 aromatic rings. The molecule has 0 aliphatic carbocycles. The second-order valence-electron chi connectivity index (χ2n) is 5.20. The van der Waals surface area contributed by atoms with E-state index in [0.717, 1.165) is 15.7 Å². The minimum atomic E-state index is -0.618. The third-order valence-corrected chi connectivity index (χ3v) is 4.35. The third-order valence-electron chi connectivity index (χ3n) is 3.48. The quantitative estimate of drug-likeness (QED) is 0.644. The van der Waals surface area contributed by atoms with E-state index in [1.807, 2.05) is 42.5 Å². The van der Waals surface area contributed by atoms with Crippen LogP contribution >= 0.6 is 27.5 Å². The van der Waals surface area contributed by atoms with Gasteiger partial charge in [0.2, 0.25) is 0 Å². The number of ether oxygens (including phenoxy) is 1. The van der Waals surface area contributed by atoms with Crippen molar-refractivity contribution in [3.8, 4) is 5.69 Å². The van der Waals surface area contributed by atoms with Crippen molar-refractivity contribution in [1.29, 1.82) is 0 Å². The summed E-state index contributed by atoms with van der Waals surface area (Å²) in [5, 5.41) is 11.0. The van der Waals surface area contributed by atoms with Crippen LogP contribution in [0.4, 0.5) is 10.6 Å². The molecule has 1 atom stereocenters. The first-order valence-corrected chi connectivity index (χ1v) is 8.60. The van der Waals surface area contributed by atoms with Crippen molar-refractivity contribution in [2.45, 2.75) is 13.0 Å². The van der Waals surface area contributed by atoms with Crippen molar-refractivity contribution in [3.05, 3.63) is 69.8 Å². The molecule has 6 nitrogen and oxygen atoms in total. The SMILES string of the molecule is C[C@@H](OC(=O)Nc1cnnn1-c1ccc(Br)cc1)c1ccccc1Cl. The smallest absolute Gasteiger partial charge is 0.413 e. The number of anilines is 1. The van der Waals surface area contributed by atoms with Gasteiger partial charge >= 0.3 is 6.09 Å². The van der Waals surface area contributed by atoms with Gasteiger partial charge in [-0.3, -0.25) is 5.32 Å². The molecule has 1 amide bonds. The standard InChI is InChI=1S/C17H14BrClN4O2/c1-11(14-4-2-3-5-15(14)19)25-17(24)21-16-10-20-22-23(16)13-8-6-12(18)7-9-13/h2-11H,1H3,(H,21,24)/t11-/m1/s1. The molecule has 0 saturated carbocycles. The molecule has 0 saturated heterocycles. The molecule has 0 bridgehead atoms. The highest BCUT2D eigenvalue weighted by molar-refractivity contribution is 9.10. The maximum absolute atomic E-state index is 12.2. The molecule has 128 valence electrons. The zero-order chi connectivity index (χ0) is 17.8. The van der Waals surface area contributed by atoms with Crippen LogP contribution in [0.2, 0.25) is 5.02 Å². The van der Waals surface area contributed by atoms with Crippen LogP contribution in [0.5, 0.6) is 0 Å². The Balaban J connectivity index is 1.71. The molecule has 0 radical (unpaired) electrons. The summed E-state index contributed by atoms with van der Waals surface area (Å²) >= 11 is 9.50. The Labute approximate surface area is 157 Å². The third kappa shape index (κ3) is 4.18. The molecule has 3 rings (SSSR count). The highest BCUT2D eigenvalue weighted by Gasteiger charge is 2.16. The van der Waals surface area contributed by atoms with Crippen LogP contribution < -0.4 is 5.32 Å². The molecule has 1 heterocycles. The summed E-state index contributed by atoms with van der Waals surface area (Å²) in [6.07, 6.45) is 0.336. The van der Waals surface area contributed by atoms with E-state index >= 15 is 0 Å². The number of benzene rings is 2. The summed E-state index contributed by atoms with van der Waals surface area (Å²) < 4.78 is 7.84. The number of carbonyl (C=O) groups is 1. The molecule has 8 heteroatoms. The van der Waals surface area contributed by atoms with Gasteiger partial charge in [0.05, 0.1) is 11.9 Å². The van der Waals surface area contributed by atoms with Gasteiger partial charge in [-0.1, -0.05) is 50.9 Å². The summed E-state index contributed by atoms with van der Waals surface area (Å²) in [5.74, 6) is 0.402. The second-order valence-corrected chi connectivity index (χ2v) is 6.52. The molecule has 25 heavy (non-hydrogen) atoms. The lowest BCUT2D eigenvalue weighted by atomic mass is 10.1. The van der Waals surface area contributed by atoms with Gasteiger partial charge in [0, 0.05) is 15.1 Å². The molecular formula is C17H14BrClN4O2. The van der Waals surface area contributed by atoms with Crippen LogP contribution in [0, 0.1) is 0 Å². The van der Waals surface area contributed by atoms with Gasteiger partial charge in [0.15, 0.2) is 5.82 Å². The molecule has 0 unspecified atom stereocenters. The monoisotopic (exact) mass is 420 g/mol. The number of carbonyl (C=O) groups excluding carboxylic acids is 1. The Bertz CT molecular complexity index is 882. The maximum atomic E-state index is 12.2. The van der Waals surface area contributed by atoms with Crippen LogP contribution in [0.15, 0.2) is 59.2 Å². The molecule has 2 aromatic carbocycles. The van der Waals surface area contributed by atoms with Crippen molar-refractivity contribution in [1.82, 2.24) is 15.0 Å². The molecule has 1 N–H and O–H groups in total. The zero-order valence-electron chi connectivity index (χ0n) is 13.2. The van der Waals surface area contributed by atoms with E-state index in [0.29, 0.717) is 10.8 Å². The first-order valence-electron chi connectivity index (χ1n) is 7.43. The first kappa shape index (κ1) is 17.4. The molecule has 1 aromatic heterocycles. The van der Waals surface area contributed by atoms with Crippen LogP contribution in [0.25, 0.3) is 5.69 Å². The predicted octanol–water partition coefficient (Wildman–Crippen LogP) is 4.99. The van der Waals surface area contributed by atoms with Crippen LogP contribution in [-0.4, -0.2) is 21.1 Å². The van der Waals surface area contributed by atoms with E-state index < -0.39 is 12.2 Å². The predicted molar refractivity (Wildman–Crippen MR) is 99.0 cm³/mol. The fourth-order valence-electron chi connectivity index (χ4n) is 2.26. The number of aromatic nitrogens is 3. The lowest BCUT2D eigenvalue weighted by molar-refractivity contribution is 0.121. The van der Waals surface area contributed by atoms with E-state index in [-0.39, 0.29) is 0 Å². The van der Waals surface area contributed by atoms with Gasteiger partial charge in [-0.05, 0) is 37.3 Å². The van der Waals surface area contributed by atoms with Gasteiger partial charge in [0.25, 0.3) is 0 Å². The van der Waals surface area contributed by atoms with Gasteiger partial charge in [-0.2, -0.15) is 4.68 Å². The average molecular weight is 422 g/mol. The lowest BCUT2D eigenvalue weighted by Gasteiger charge is -2.15. The lowest BCUT2D eigenvalue weighted by Crippen LogP contribution is -2.18. The van der Waals surface area contributed by atoms with E-state index in [9.17, 15) is 4.79 Å². The average Bonchev–Trinajstić information content (AvgIpc) is 3.03.